The smallest absolute Gasteiger partial charge is 0.324 e. The Morgan fingerprint density at radius 1 is 1.11 bits per heavy atom. The van der Waals surface area contributed by atoms with Crippen LogP contribution in [0, 0.1) is 28.4 Å². The number of aryl methyl sites for hydroxylation is 1. The molecule has 0 aliphatic heterocycles. The molecule has 0 aliphatic rings. The molecule has 38 heavy (non-hydrogen) atoms. The van der Waals surface area contributed by atoms with Crippen molar-refractivity contribution < 1.29 is 43.0 Å². The summed E-state index contributed by atoms with van der Waals surface area (Å²) in [7, 11) is 5.11. The van der Waals surface area contributed by atoms with Gasteiger partial charge >= 0.3 is 11.9 Å². The number of benzene rings is 1. The van der Waals surface area contributed by atoms with Gasteiger partial charge in [-0.1, -0.05) is 0 Å². The predicted octanol–water partition coefficient (Wildman–Crippen LogP) is 1.71. The monoisotopic (exact) mass is 532 g/mol. The van der Waals surface area contributed by atoms with Gasteiger partial charge in [0.2, 0.25) is 5.88 Å². The van der Waals surface area contributed by atoms with E-state index in [0.717, 1.165) is 32.0 Å². The van der Waals surface area contributed by atoms with E-state index < -0.39 is 28.5 Å². The van der Waals surface area contributed by atoms with Crippen molar-refractivity contribution in [3.05, 3.63) is 50.7 Å². The van der Waals surface area contributed by atoms with Crippen LogP contribution in [0.15, 0.2) is 18.2 Å². The molecule has 0 aliphatic carbocycles. The van der Waals surface area contributed by atoms with Crippen LogP contribution in [0.2, 0.25) is 0 Å². The highest BCUT2D eigenvalue weighted by Crippen LogP contribution is 2.35. The van der Waals surface area contributed by atoms with Crippen LogP contribution in [0.1, 0.15) is 33.1 Å². The Kier molecular flexibility index (Phi) is 10.6. The first-order valence-electron chi connectivity index (χ1n) is 11.2. The van der Waals surface area contributed by atoms with Crippen LogP contribution < -0.4 is 9.47 Å². The van der Waals surface area contributed by atoms with Gasteiger partial charge in [0, 0.05) is 25.4 Å². The zero-order valence-corrected chi connectivity index (χ0v) is 21.6. The number of aromatic nitrogens is 1. The molecule has 204 valence electrons. The molecule has 0 unspecified atom stereocenters. The van der Waals surface area contributed by atoms with Gasteiger partial charge in [0.15, 0.2) is 5.92 Å². The summed E-state index contributed by atoms with van der Waals surface area (Å²) in [6, 6.07) is 5.44. The zero-order valence-electron chi connectivity index (χ0n) is 21.6. The molecular weight excluding hydrogens is 504 g/mol. The molecule has 1 heterocycles. The molecule has 0 saturated carbocycles. The van der Waals surface area contributed by atoms with Gasteiger partial charge in [0.25, 0.3) is 11.6 Å². The van der Waals surface area contributed by atoms with Gasteiger partial charge in [0.05, 0.1) is 45.0 Å². The van der Waals surface area contributed by atoms with E-state index in [1.54, 1.807) is 26.1 Å². The summed E-state index contributed by atoms with van der Waals surface area (Å²) in [6.07, 6.45) is 0. The average Bonchev–Trinajstić information content (AvgIpc) is 3.30. The van der Waals surface area contributed by atoms with Crippen molar-refractivity contribution in [2.45, 2.75) is 12.8 Å². The number of esters is 2. The van der Waals surface area contributed by atoms with Gasteiger partial charge in [-0.15, -0.1) is 0 Å². The fourth-order valence-corrected chi connectivity index (χ4v) is 3.47. The number of H-pyrrole nitrogens is 1. The summed E-state index contributed by atoms with van der Waals surface area (Å²) in [5, 5.41) is 21.0. The highest BCUT2D eigenvalue weighted by Gasteiger charge is 2.37. The van der Waals surface area contributed by atoms with Crippen molar-refractivity contribution in [1.82, 2.24) is 9.88 Å². The summed E-state index contributed by atoms with van der Waals surface area (Å²) in [6.45, 7) is 2.20. The third-order valence-electron chi connectivity index (χ3n) is 5.38. The van der Waals surface area contributed by atoms with E-state index in [0.29, 0.717) is 11.4 Å². The number of nitrogens with one attached hydrogen (secondary N) is 1. The second kappa shape index (κ2) is 13.6. The minimum absolute atomic E-state index is 0.0449. The Balaban J connectivity index is 2.05. The Hall–Kier alpha value is -4.64. The number of methoxy groups -OCH3 is 3. The van der Waals surface area contributed by atoms with Crippen molar-refractivity contribution >= 4 is 23.5 Å². The molecule has 0 bridgehead atoms. The Bertz CT molecular complexity index is 1220. The lowest BCUT2D eigenvalue weighted by Crippen LogP contribution is -2.30. The van der Waals surface area contributed by atoms with E-state index in [1.165, 1.54) is 12.0 Å². The number of ether oxygens (including phenoxy) is 5. The Labute approximate surface area is 218 Å². The van der Waals surface area contributed by atoms with E-state index in [2.05, 4.69) is 14.5 Å². The highest BCUT2D eigenvalue weighted by atomic mass is 16.6. The van der Waals surface area contributed by atoms with E-state index in [1.807, 2.05) is 0 Å². The largest absolute Gasteiger partial charge is 0.490 e. The van der Waals surface area contributed by atoms with Crippen LogP contribution in [0.3, 0.4) is 0 Å². The summed E-state index contributed by atoms with van der Waals surface area (Å²) < 4.78 is 25.4. The quantitative estimate of drug-likeness (QED) is 0.130. The SMILES string of the molecule is COC(=O)C(C(=O)OC)c1cc(OCCOCCN(C)C(=O)c2cc(C)[nH]c2OC)c(C#N)cc1[N+](=O)[O-]. The summed E-state index contributed by atoms with van der Waals surface area (Å²) in [4.78, 5) is 52.2. The van der Waals surface area contributed by atoms with Gasteiger partial charge in [-0.05, 0) is 19.1 Å². The molecule has 0 radical (unpaired) electrons. The van der Waals surface area contributed by atoms with Crippen LogP contribution in [0.25, 0.3) is 0 Å². The number of nitrogens with zero attached hydrogens (tertiary/aromatic N) is 3. The number of likely N-dealkylation sites (N-methyl/N-ethyl adjacent to an activating group) is 1. The van der Waals surface area contributed by atoms with E-state index in [-0.39, 0.29) is 49.1 Å². The predicted molar refractivity (Wildman–Crippen MR) is 130 cm³/mol. The van der Waals surface area contributed by atoms with Crippen molar-refractivity contribution in [3.8, 4) is 17.7 Å². The van der Waals surface area contributed by atoms with Crippen LogP contribution in [0.4, 0.5) is 5.69 Å². The molecular formula is C24H28N4O10. The third-order valence-corrected chi connectivity index (χ3v) is 5.38. The van der Waals surface area contributed by atoms with E-state index >= 15 is 0 Å². The molecule has 0 atom stereocenters. The van der Waals surface area contributed by atoms with Gasteiger partial charge in [-0.25, -0.2) is 0 Å². The lowest BCUT2D eigenvalue weighted by Gasteiger charge is -2.17. The van der Waals surface area contributed by atoms with E-state index in [9.17, 15) is 29.8 Å². The molecule has 1 aromatic heterocycles. The maximum absolute atomic E-state index is 12.6. The summed E-state index contributed by atoms with van der Waals surface area (Å²) >= 11 is 0. The number of nitriles is 1. The standard InChI is InChI=1S/C24H28N4O10/c1-14-10-17(21(26-14)34-3)22(29)27(2)6-7-37-8-9-38-19-12-16(18(28(32)33)11-15(19)13-25)20(23(30)35-4)24(31)36-5/h10-12,20,26H,6-9H2,1-5H3. The van der Waals surface area contributed by atoms with Crippen LogP contribution in [-0.2, 0) is 23.8 Å². The summed E-state index contributed by atoms with van der Waals surface area (Å²) in [5.74, 6) is -3.90. The van der Waals surface area contributed by atoms with Crippen molar-refractivity contribution in [3.63, 3.8) is 0 Å². The topological polar surface area (TPSA) is 183 Å². The van der Waals surface area contributed by atoms with Gasteiger partial charge in [0.1, 0.15) is 29.6 Å². The van der Waals surface area contributed by atoms with E-state index in [4.69, 9.17) is 14.2 Å². The molecule has 0 spiro atoms. The third kappa shape index (κ3) is 6.98. The number of rotatable bonds is 13. The fourth-order valence-electron chi connectivity index (χ4n) is 3.47. The lowest BCUT2D eigenvalue weighted by molar-refractivity contribution is -0.385. The zero-order chi connectivity index (χ0) is 28.4. The molecule has 2 rings (SSSR count). The number of hydrogen-bond donors (Lipinski definition) is 1. The minimum atomic E-state index is -1.76. The molecule has 1 aromatic carbocycles. The molecule has 0 saturated heterocycles. The normalized spacial score (nSPS) is 10.4. The molecule has 14 heteroatoms. The van der Waals surface area contributed by atoms with Crippen molar-refractivity contribution in [2.75, 3.05) is 54.7 Å². The molecule has 2 aromatic rings. The Morgan fingerprint density at radius 2 is 1.76 bits per heavy atom. The lowest BCUT2D eigenvalue weighted by atomic mass is 9.95. The molecule has 1 N–H and O–H groups in total. The number of nitro groups is 1. The minimum Gasteiger partial charge on any atom is -0.490 e. The molecule has 1 amide bonds. The maximum atomic E-state index is 12.6. The maximum Gasteiger partial charge on any atom is 0.324 e. The highest BCUT2D eigenvalue weighted by molar-refractivity contribution is 6.02. The van der Waals surface area contributed by atoms with Crippen LogP contribution >= 0.6 is 0 Å². The van der Waals surface area contributed by atoms with Crippen molar-refractivity contribution in [2.24, 2.45) is 0 Å². The van der Waals surface area contributed by atoms with Gasteiger partial charge < -0.3 is 33.6 Å². The number of amides is 1. The van der Waals surface area contributed by atoms with Crippen molar-refractivity contribution in [1.29, 1.82) is 5.26 Å². The average molecular weight is 533 g/mol. The number of aromatic amines is 1. The number of carbonyl (C=O) groups is 3. The molecule has 0 fully saturated rings. The first kappa shape index (κ1) is 29.6. The van der Waals surface area contributed by atoms with Crippen LogP contribution in [0.5, 0.6) is 11.6 Å². The first-order chi connectivity index (χ1) is 18.1. The number of nitro benzene ring substituents is 1. The second-order valence-corrected chi connectivity index (χ2v) is 7.84. The van der Waals surface area contributed by atoms with Gasteiger partial charge in [-0.2, -0.15) is 5.26 Å². The number of carbonyl (C=O) groups excluding carboxylic acids is 3. The number of hydrogen-bond acceptors (Lipinski definition) is 11. The first-order valence-corrected chi connectivity index (χ1v) is 11.2. The van der Waals surface area contributed by atoms with Crippen LogP contribution in [-0.4, -0.2) is 87.4 Å². The Morgan fingerprint density at radius 3 is 2.32 bits per heavy atom. The fraction of sp³-hybridized carbons (Fsp3) is 0.417. The van der Waals surface area contributed by atoms with Gasteiger partial charge in [-0.3, -0.25) is 24.5 Å². The summed E-state index contributed by atoms with van der Waals surface area (Å²) in [5.41, 5.74) is -0.00392. The molecule has 14 nitrogen and oxygen atoms in total. The second-order valence-electron chi connectivity index (χ2n) is 7.84.